The summed E-state index contributed by atoms with van der Waals surface area (Å²) in [6.45, 7) is 0. The fourth-order valence-electron chi connectivity index (χ4n) is 0.462. The Morgan fingerprint density at radius 2 is 1.25 bits per heavy atom. The van der Waals surface area contributed by atoms with Crippen molar-refractivity contribution in [2.75, 3.05) is 0 Å². The summed E-state index contributed by atoms with van der Waals surface area (Å²) in [5.41, 5.74) is 10.00. The molecule has 0 aromatic heterocycles. The third-order valence-corrected chi connectivity index (χ3v) is 28.6. The molecule has 0 heterocycles. The van der Waals surface area contributed by atoms with Crippen LogP contribution in [-0.4, -0.2) is 39.5 Å². The second-order valence-corrected chi connectivity index (χ2v) is 21.2. The van der Waals surface area contributed by atoms with Gasteiger partial charge in [-0.3, -0.25) is 0 Å². The molecular weight excluding hydrogens is 238 g/mol. The molecule has 3 heteroatoms. The van der Waals surface area contributed by atoms with E-state index in [0.717, 1.165) is 0 Å². The third-order valence-electron chi connectivity index (χ3n) is 1.49. The van der Waals surface area contributed by atoms with Crippen LogP contribution in [0.5, 0.6) is 0 Å². The van der Waals surface area contributed by atoms with Crippen LogP contribution in [0.15, 0.2) is 0 Å². The van der Waals surface area contributed by atoms with Crippen LogP contribution >= 0.6 is 0 Å². The fourth-order valence-corrected chi connectivity index (χ4v) is 12.5. The maximum atomic E-state index is 2.50. The van der Waals surface area contributed by atoms with E-state index in [0.29, 0.717) is 0 Å². The van der Waals surface area contributed by atoms with Crippen molar-refractivity contribution in [1.29, 1.82) is 0 Å². The summed E-state index contributed by atoms with van der Waals surface area (Å²) in [7, 11) is 1.49. The van der Waals surface area contributed by atoms with E-state index in [-0.39, 0.29) is 29.3 Å². The van der Waals surface area contributed by atoms with E-state index >= 15 is 0 Å². The Labute approximate surface area is 65.4 Å². The minimum atomic E-state index is -0.254. The molecule has 0 saturated heterocycles. The molecule has 0 nitrogen and oxygen atoms in total. The molecule has 0 aromatic rings. The Balaban J connectivity index is 3.46. The Hall–Kier alpha value is 1.33. The van der Waals surface area contributed by atoms with Crippen molar-refractivity contribution in [3.63, 3.8) is 0 Å². The quantitative estimate of drug-likeness (QED) is 0.637. The van der Waals surface area contributed by atoms with Crippen molar-refractivity contribution in [3.8, 4) is 0 Å². The summed E-state index contributed by atoms with van der Waals surface area (Å²) < 4.78 is 1.30. The summed E-state index contributed by atoms with van der Waals surface area (Å²) in [5.74, 6) is 0. The van der Waals surface area contributed by atoms with Crippen LogP contribution in [0.2, 0.25) is 26.0 Å². The zero-order valence-electron chi connectivity index (χ0n) is 6.47. The van der Waals surface area contributed by atoms with Gasteiger partial charge in [-0.05, 0) is 0 Å². The molecule has 0 amide bonds. The molecule has 50 valence electrons. The van der Waals surface area contributed by atoms with E-state index in [2.05, 4.69) is 22.8 Å². The first-order valence-corrected chi connectivity index (χ1v) is 13.7. The molecule has 0 atom stereocenters. The number of hydrogen-bond acceptors (Lipinski definition) is 0. The van der Waals surface area contributed by atoms with Crippen molar-refractivity contribution in [2.45, 2.75) is 26.0 Å². The van der Waals surface area contributed by atoms with Crippen LogP contribution in [-0.2, 0) is 0 Å². The van der Waals surface area contributed by atoms with Gasteiger partial charge in [-0.2, -0.15) is 0 Å². The van der Waals surface area contributed by atoms with Gasteiger partial charge < -0.3 is 0 Å². The topological polar surface area (TPSA) is 0 Å². The van der Waals surface area contributed by atoms with E-state index in [1.54, 1.807) is 0 Å². The second kappa shape index (κ2) is 4.20. The molecule has 0 aliphatic rings. The Morgan fingerprint density at radius 3 is 1.25 bits per heavy atom. The third kappa shape index (κ3) is 3.38. The molecule has 0 aliphatic carbocycles. The van der Waals surface area contributed by atoms with Crippen LogP contribution < -0.4 is 0 Å². The van der Waals surface area contributed by atoms with Crippen LogP contribution in [0.4, 0.5) is 0 Å². The van der Waals surface area contributed by atoms with Crippen LogP contribution in [0.1, 0.15) is 0 Å². The summed E-state index contributed by atoms with van der Waals surface area (Å²) in [5, 5.41) is 0. The van der Waals surface area contributed by atoms with Crippen molar-refractivity contribution < 1.29 is 0 Å². The Morgan fingerprint density at radius 1 is 1.00 bits per heavy atom. The second-order valence-electron chi connectivity index (χ2n) is 2.56. The van der Waals surface area contributed by atoms with Crippen LogP contribution in [0.25, 0.3) is 0 Å². The van der Waals surface area contributed by atoms with Crippen molar-refractivity contribution in [2.24, 2.45) is 0 Å². The van der Waals surface area contributed by atoms with Gasteiger partial charge in [0.05, 0.1) is 0 Å². The molecule has 0 aromatic carbocycles. The summed E-state index contributed by atoms with van der Waals surface area (Å²) >= 11 is -0.508. The van der Waals surface area contributed by atoms with Crippen molar-refractivity contribution >= 4 is 39.5 Å². The zero-order chi connectivity index (χ0) is 6.73. The van der Waals surface area contributed by atoms with Gasteiger partial charge >= 0.3 is 65.5 Å². The molecule has 0 bridgehead atoms. The molecule has 0 saturated carbocycles. The predicted molar refractivity (Wildman–Crippen MR) is 48.7 cm³/mol. The molecule has 8 heavy (non-hydrogen) atoms. The fraction of sp³-hybridized carbons (Fsp3) is 1.00. The van der Waals surface area contributed by atoms with Gasteiger partial charge in [-0.25, -0.2) is 0 Å². The van der Waals surface area contributed by atoms with Gasteiger partial charge in [0, 0.05) is 0 Å². The monoisotopic (exact) mass is 254 g/mol. The Bertz CT molecular complexity index is 55.4. The SMILES string of the molecule is C[As](C)C([SiH3])[As](C)C. The van der Waals surface area contributed by atoms with Gasteiger partial charge in [0.1, 0.15) is 0 Å². The summed E-state index contributed by atoms with van der Waals surface area (Å²) in [6, 6.07) is 0. The van der Waals surface area contributed by atoms with Crippen molar-refractivity contribution in [3.05, 3.63) is 0 Å². The van der Waals surface area contributed by atoms with Gasteiger partial charge in [-0.15, -0.1) is 0 Å². The van der Waals surface area contributed by atoms with Gasteiger partial charge in [-0.1, -0.05) is 0 Å². The average Bonchev–Trinajstić information content (AvgIpc) is 1.64. The maximum absolute atomic E-state index is 2.50. The van der Waals surface area contributed by atoms with E-state index in [4.69, 9.17) is 0 Å². The summed E-state index contributed by atoms with van der Waals surface area (Å²) in [6.07, 6.45) is 0. The molecular formula is C5H16As2Si. The first-order chi connectivity index (χ1) is 3.55. The number of hydrogen-bond donors (Lipinski definition) is 0. The number of rotatable bonds is 2. The van der Waals surface area contributed by atoms with Gasteiger partial charge in [0.25, 0.3) is 0 Å². The molecule has 0 aliphatic heterocycles. The average molecular weight is 254 g/mol. The minimum absolute atomic E-state index is 0.254. The molecule has 0 N–H and O–H groups in total. The van der Waals surface area contributed by atoms with E-state index < -0.39 is 0 Å². The standard InChI is InChI=1S/C5H16As2Si/c1-6(2)5(8)7(3)4/h5H,1-4,8H3. The molecule has 0 rings (SSSR count). The normalized spacial score (nSPS) is 12.4. The molecule has 0 spiro atoms. The first kappa shape index (κ1) is 9.33. The van der Waals surface area contributed by atoms with Gasteiger partial charge in [0.15, 0.2) is 0 Å². The molecule has 0 unspecified atom stereocenters. The van der Waals surface area contributed by atoms with E-state index in [1.807, 2.05) is 0 Å². The van der Waals surface area contributed by atoms with Crippen LogP contribution in [0, 0.1) is 0 Å². The Kier molecular flexibility index (Phi) is 4.90. The van der Waals surface area contributed by atoms with E-state index in [9.17, 15) is 0 Å². The first-order valence-electron chi connectivity index (χ1n) is 2.88. The summed E-state index contributed by atoms with van der Waals surface area (Å²) in [4.78, 5) is 0. The van der Waals surface area contributed by atoms with Gasteiger partial charge in [0.2, 0.25) is 0 Å². The predicted octanol–water partition coefficient (Wildman–Crippen LogP) is 0.727. The van der Waals surface area contributed by atoms with Crippen LogP contribution in [0.3, 0.4) is 0 Å². The molecule has 0 fully saturated rings. The van der Waals surface area contributed by atoms with E-state index in [1.165, 1.54) is 13.4 Å². The zero-order valence-corrected chi connectivity index (χ0v) is 12.2. The molecule has 0 radical (unpaired) electrons. The van der Waals surface area contributed by atoms with Crippen molar-refractivity contribution in [1.82, 2.24) is 0 Å².